The number of carbonyl (C=O) groups excluding carboxylic acids is 2. The van der Waals surface area contributed by atoms with Crippen LogP contribution < -0.4 is 5.32 Å². The van der Waals surface area contributed by atoms with Crippen LogP contribution in [0.3, 0.4) is 0 Å². The molecule has 2 aromatic rings. The first-order valence-corrected chi connectivity index (χ1v) is 8.51. The number of likely N-dealkylation sites (N-methyl/N-ethyl adjacent to an activating group) is 1. The second kappa shape index (κ2) is 7.95. The fourth-order valence-electron chi connectivity index (χ4n) is 1.78. The first-order valence-electron chi connectivity index (χ1n) is 6.75. The van der Waals surface area contributed by atoms with E-state index in [1.165, 1.54) is 21.7 Å². The number of hydrogen-bond donors (Lipinski definition) is 1. The number of rotatable bonds is 7. The summed E-state index contributed by atoms with van der Waals surface area (Å²) in [6, 6.07) is 0. The van der Waals surface area contributed by atoms with Gasteiger partial charge in [-0.3, -0.25) is 9.59 Å². The Labute approximate surface area is 136 Å². The van der Waals surface area contributed by atoms with Gasteiger partial charge in [-0.05, 0) is 6.92 Å². The monoisotopic (exact) mass is 339 g/mol. The first-order chi connectivity index (χ1) is 10.6. The summed E-state index contributed by atoms with van der Waals surface area (Å²) in [6.07, 6.45) is 1.11. The highest BCUT2D eigenvalue weighted by atomic mass is 32.1. The number of aryl methyl sites for hydroxylation is 1. The molecule has 0 aliphatic carbocycles. The molecular weight excluding hydrogens is 322 g/mol. The van der Waals surface area contributed by atoms with Gasteiger partial charge in [0.25, 0.3) is 0 Å². The van der Waals surface area contributed by atoms with Crippen LogP contribution in [0, 0.1) is 6.92 Å². The van der Waals surface area contributed by atoms with E-state index in [4.69, 9.17) is 0 Å². The number of nitrogens with zero attached hydrogens (tertiary/aromatic N) is 4. The van der Waals surface area contributed by atoms with Crippen LogP contribution in [0.15, 0.2) is 11.0 Å². The van der Waals surface area contributed by atoms with E-state index in [2.05, 4.69) is 20.5 Å². The molecule has 0 atom stereocenters. The molecule has 2 heterocycles. The number of anilines is 1. The summed E-state index contributed by atoms with van der Waals surface area (Å²) in [5, 5.41) is 10.4. The summed E-state index contributed by atoms with van der Waals surface area (Å²) < 4.78 is 0. The molecule has 2 aromatic heterocycles. The summed E-state index contributed by atoms with van der Waals surface area (Å²) in [5.74, 6) is -0.272. The third kappa shape index (κ3) is 4.85. The highest BCUT2D eigenvalue weighted by Crippen LogP contribution is 2.13. The lowest BCUT2D eigenvalue weighted by Gasteiger charge is -2.16. The summed E-state index contributed by atoms with van der Waals surface area (Å²) in [5.41, 5.74) is 4.36. The van der Waals surface area contributed by atoms with Crippen LogP contribution in [-0.2, 0) is 16.0 Å². The maximum absolute atomic E-state index is 12.0. The maximum Gasteiger partial charge on any atom is 0.226 e. The summed E-state index contributed by atoms with van der Waals surface area (Å²) >= 11 is 2.84. The van der Waals surface area contributed by atoms with Gasteiger partial charge >= 0.3 is 0 Å². The third-order valence-electron chi connectivity index (χ3n) is 3.12. The molecular formula is C13H17N5O2S2. The van der Waals surface area contributed by atoms with Crippen LogP contribution in [0.5, 0.6) is 0 Å². The van der Waals surface area contributed by atoms with E-state index in [-0.39, 0.29) is 24.7 Å². The molecule has 0 saturated carbocycles. The average Bonchev–Trinajstić information content (AvgIpc) is 3.14. The van der Waals surface area contributed by atoms with E-state index >= 15 is 0 Å². The van der Waals surface area contributed by atoms with Crippen molar-refractivity contribution in [2.45, 2.75) is 26.2 Å². The van der Waals surface area contributed by atoms with Crippen LogP contribution in [0.2, 0.25) is 0 Å². The number of hydrogen-bond acceptors (Lipinski definition) is 7. The van der Waals surface area contributed by atoms with Crippen molar-refractivity contribution in [3.63, 3.8) is 0 Å². The van der Waals surface area contributed by atoms with Crippen LogP contribution in [0.25, 0.3) is 0 Å². The molecule has 7 nitrogen and oxygen atoms in total. The number of thiazole rings is 1. The molecule has 0 spiro atoms. The Bertz CT molecular complexity index is 626. The zero-order valence-electron chi connectivity index (χ0n) is 12.4. The van der Waals surface area contributed by atoms with Gasteiger partial charge in [0.05, 0.1) is 11.2 Å². The van der Waals surface area contributed by atoms with Crippen molar-refractivity contribution in [1.82, 2.24) is 20.1 Å². The van der Waals surface area contributed by atoms with Gasteiger partial charge in [-0.1, -0.05) is 11.3 Å². The summed E-state index contributed by atoms with van der Waals surface area (Å²) in [7, 11) is 1.75. The van der Waals surface area contributed by atoms with E-state index < -0.39 is 0 Å². The van der Waals surface area contributed by atoms with E-state index in [0.717, 1.165) is 12.1 Å². The Morgan fingerprint density at radius 3 is 2.73 bits per heavy atom. The first kappa shape index (κ1) is 16.5. The topological polar surface area (TPSA) is 88.1 Å². The molecule has 22 heavy (non-hydrogen) atoms. The van der Waals surface area contributed by atoms with Crippen LogP contribution >= 0.6 is 22.7 Å². The molecule has 0 aliphatic heterocycles. The molecule has 0 unspecified atom stereocenters. The number of nitrogens with one attached hydrogen (secondary N) is 1. The summed E-state index contributed by atoms with van der Waals surface area (Å²) in [6.45, 7) is 2.59. The molecule has 0 aromatic carbocycles. The average molecular weight is 339 g/mol. The molecule has 1 N–H and O–H groups in total. The van der Waals surface area contributed by atoms with Gasteiger partial charge in [-0.15, -0.1) is 21.5 Å². The van der Waals surface area contributed by atoms with Crippen molar-refractivity contribution >= 4 is 39.6 Å². The zero-order chi connectivity index (χ0) is 15.9. The van der Waals surface area contributed by atoms with Gasteiger partial charge in [0.15, 0.2) is 0 Å². The van der Waals surface area contributed by atoms with Crippen molar-refractivity contribution in [2.75, 3.05) is 18.9 Å². The highest BCUT2D eigenvalue weighted by Gasteiger charge is 2.13. The Hall–Kier alpha value is -1.87. The van der Waals surface area contributed by atoms with E-state index in [1.807, 2.05) is 12.4 Å². The maximum atomic E-state index is 12.0. The molecule has 0 radical (unpaired) electrons. The normalized spacial score (nSPS) is 10.5. The minimum atomic E-state index is -0.225. The molecule has 9 heteroatoms. The fraction of sp³-hybridized carbons (Fsp3) is 0.462. The second-order valence-electron chi connectivity index (χ2n) is 4.72. The van der Waals surface area contributed by atoms with Gasteiger partial charge in [0.2, 0.25) is 16.9 Å². The van der Waals surface area contributed by atoms with E-state index in [9.17, 15) is 9.59 Å². The zero-order valence-corrected chi connectivity index (χ0v) is 14.0. The Morgan fingerprint density at radius 2 is 2.09 bits per heavy atom. The minimum absolute atomic E-state index is 0.0467. The van der Waals surface area contributed by atoms with Gasteiger partial charge in [-0.25, -0.2) is 4.98 Å². The molecule has 2 amide bonds. The van der Waals surface area contributed by atoms with Crippen molar-refractivity contribution < 1.29 is 9.59 Å². The number of amides is 2. The van der Waals surface area contributed by atoms with Gasteiger partial charge < -0.3 is 10.2 Å². The van der Waals surface area contributed by atoms with Crippen LogP contribution in [0.4, 0.5) is 5.13 Å². The largest absolute Gasteiger partial charge is 0.345 e. The SMILES string of the molecule is Cc1ncsc1CCN(C)C(=O)CCC(=O)Nc1nncs1. The quantitative estimate of drug-likeness (QED) is 0.830. The highest BCUT2D eigenvalue weighted by molar-refractivity contribution is 7.13. The smallest absolute Gasteiger partial charge is 0.226 e. The van der Waals surface area contributed by atoms with Crippen LogP contribution in [-0.4, -0.2) is 45.5 Å². The lowest BCUT2D eigenvalue weighted by Crippen LogP contribution is -2.29. The molecule has 0 bridgehead atoms. The van der Waals surface area contributed by atoms with Crippen molar-refractivity contribution in [2.24, 2.45) is 0 Å². The predicted octanol–water partition coefficient (Wildman–Crippen LogP) is 1.72. The van der Waals surface area contributed by atoms with Gasteiger partial charge in [-0.2, -0.15) is 0 Å². The lowest BCUT2D eigenvalue weighted by atomic mass is 10.2. The molecule has 2 rings (SSSR count). The van der Waals surface area contributed by atoms with Crippen molar-refractivity contribution in [3.8, 4) is 0 Å². The predicted molar refractivity (Wildman–Crippen MR) is 86.0 cm³/mol. The lowest BCUT2D eigenvalue weighted by molar-refractivity contribution is -0.131. The second-order valence-corrected chi connectivity index (χ2v) is 6.49. The Morgan fingerprint density at radius 1 is 1.27 bits per heavy atom. The third-order valence-corrected chi connectivity index (χ3v) is 4.72. The van der Waals surface area contributed by atoms with Gasteiger partial charge in [0.1, 0.15) is 5.51 Å². The van der Waals surface area contributed by atoms with E-state index in [1.54, 1.807) is 23.3 Å². The van der Waals surface area contributed by atoms with Crippen LogP contribution in [0.1, 0.15) is 23.4 Å². The van der Waals surface area contributed by atoms with Crippen molar-refractivity contribution in [1.29, 1.82) is 0 Å². The number of carbonyl (C=O) groups is 2. The van der Waals surface area contributed by atoms with Gasteiger partial charge in [0, 0.05) is 37.7 Å². The number of aromatic nitrogens is 3. The molecule has 118 valence electrons. The molecule has 0 fully saturated rings. The van der Waals surface area contributed by atoms with E-state index in [0.29, 0.717) is 11.7 Å². The Kier molecular flexibility index (Phi) is 5.96. The van der Waals surface area contributed by atoms with Crippen molar-refractivity contribution in [3.05, 3.63) is 21.6 Å². The molecule has 0 saturated heterocycles. The minimum Gasteiger partial charge on any atom is -0.345 e. The molecule has 0 aliphatic rings. The fourth-order valence-corrected chi connectivity index (χ4v) is 3.01. The Balaban J connectivity index is 1.69. The summed E-state index contributed by atoms with van der Waals surface area (Å²) in [4.78, 5) is 30.7. The standard InChI is InChI=1S/C13H17N5O2S2/c1-9-10(21-7-14-9)5-6-18(2)12(20)4-3-11(19)16-13-17-15-8-22-13/h7-8H,3-6H2,1-2H3,(H,16,17,19).